The van der Waals surface area contributed by atoms with E-state index in [9.17, 15) is 13.2 Å². The van der Waals surface area contributed by atoms with Crippen LogP contribution >= 0.6 is 0 Å². The lowest BCUT2D eigenvalue weighted by molar-refractivity contribution is 0.102. The predicted molar refractivity (Wildman–Crippen MR) is 126 cm³/mol. The number of amides is 1. The Bertz CT molecular complexity index is 1360. The quantitative estimate of drug-likeness (QED) is 0.458. The average Bonchev–Trinajstić information content (AvgIpc) is 3.26. The zero-order valence-electron chi connectivity index (χ0n) is 17.8. The van der Waals surface area contributed by atoms with E-state index in [2.05, 4.69) is 5.32 Å². The van der Waals surface area contributed by atoms with E-state index in [1.165, 1.54) is 12.1 Å². The molecule has 1 amide bonds. The molecule has 0 fully saturated rings. The van der Waals surface area contributed by atoms with E-state index in [0.717, 1.165) is 16.8 Å². The second kappa shape index (κ2) is 8.80. The van der Waals surface area contributed by atoms with Gasteiger partial charge in [-0.1, -0.05) is 49.4 Å². The molecule has 0 aliphatic rings. The maximum absolute atomic E-state index is 13.2. The van der Waals surface area contributed by atoms with Gasteiger partial charge in [0, 0.05) is 17.4 Å². The molecule has 1 aromatic heterocycles. The summed E-state index contributed by atoms with van der Waals surface area (Å²) < 4.78 is 25.7. The number of carbonyl (C=O) groups excluding carboxylic acids is 1. The molecule has 1 heterocycles. The highest BCUT2D eigenvalue weighted by Crippen LogP contribution is 2.27. The van der Waals surface area contributed by atoms with Gasteiger partial charge in [-0.25, -0.2) is 13.1 Å². The molecule has 6 nitrogen and oxygen atoms in total. The minimum Gasteiger partial charge on any atom is -0.322 e. The van der Waals surface area contributed by atoms with Crippen LogP contribution in [0.4, 0.5) is 5.69 Å². The van der Waals surface area contributed by atoms with Crippen LogP contribution in [0.2, 0.25) is 0 Å². The van der Waals surface area contributed by atoms with Crippen LogP contribution in [0.25, 0.3) is 16.9 Å². The molecule has 0 radical (unpaired) electrons. The lowest BCUT2D eigenvalue weighted by atomic mass is 10.0. The highest BCUT2D eigenvalue weighted by atomic mass is 32.2. The number of benzene rings is 3. The van der Waals surface area contributed by atoms with E-state index in [-0.39, 0.29) is 16.6 Å². The van der Waals surface area contributed by atoms with Gasteiger partial charge >= 0.3 is 0 Å². The van der Waals surface area contributed by atoms with E-state index >= 15 is 0 Å². The van der Waals surface area contributed by atoms with Crippen LogP contribution in [0.15, 0.2) is 90.0 Å². The van der Waals surface area contributed by atoms with Gasteiger partial charge in [-0.2, -0.15) is 5.10 Å². The summed E-state index contributed by atoms with van der Waals surface area (Å²) in [7, 11) is -3.30. The topological polar surface area (TPSA) is 81.1 Å². The Balaban J connectivity index is 1.71. The first kappa shape index (κ1) is 21.5. The van der Waals surface area contributed by atoms with Crippen LogP contribution in [0.5, 0.6) is 0 Å². The first-order valence-electron chi connectivity index (χ1n) is 10.2. The van der Waals surface area contributed by atoms with Gasteiger partial charge in [0.1, 0.15) is 5.69 Å². The number of anilines is 1. The largest absolute Gasteiger partial charge is 0.322 e. The summed E-state index contributed by atoms with van der Waals surface area (Å²) in [5, 5.41) is 7.57. The highest BCUT2D eigenvalue weighted by molar-refractivity contribution is 7.91. The number of hydrogen-bond acceptors (Lipinski definition) is 4. The Morgan fingerprint density at radius 3 is 2.25 bits per heavy atom. The van der Waals surface area contributed by atoms with Gasteiger partial charge < -0.3 is 5.32 Å². The maximum atomic E-state index is 13.2. The summed E-state index contributed by atoms with van der Waals surface area (Å²) in [4.78, 5) is 13.5. The molecule has 0 saturated carbocycles. The molecule has 0 aliphatic carbocycles. The van der Waals surface area contributed by atoms with Crippen LogP contribution in [-0.2, 0) is 9.84 Å². The Morgan fingerprint density at radius 2 is 1.59 bits per heavy atom. The summed E-state index contributed by atoms with van der Waals surface area (Å²) in [6.07, 6.45) is 1.71. The Kier molecular flexibility index (Phi) is 5.92. The van der Waals surface area contributed by atoms with Gasteiger partial charge in [-0.15, -0.1) is 0 Å². The molecule has 4 rings (SSSR count). The number of hydrogen-bond donors (Lipinski definition) is 1. The highest BCUT2D eigenvalue weighted by Gasteiger charge is 2.20. The molecule has 0 atom stereocenters. The minimum absolute atomic E-state index is 0.0250. The summed E-state index contributed by atoms with van der Waals surface area (Å²) >= 11 is 0. The molecule has 32 heavy (non-hydrogen) atoms. The van der Waals surface area contributed by atoms with E-state index in [0.29, 0.717) is 16.9 Å². The number of nitrogens with zero attached hydrogens (tertiary/aromatic N) is 2. The van der Waals surface area contributed by atoms with Gasteiger partial charge in [0.05, 0.1) is 21.9 Å². The van der Waals surface area contributed by atoms with Crippen molar-refractivity contribution in [2.24, 2.45) is 0 Å². The summed E-state index contributed by atoms with van der Waals surface area (Å²) in [6.45, 7) is 3.58. The van der Waals surface area contributed by atoms with Crippen molar-refractivity contribution in [2.75, 3.05) is 11.1 Å². The van der Waals surface area contributed by atoms with Crippen molar-refractivity contribution in [3.05, 3.63) is 96.2 Å². The van der Waals surface area contributed by atoms with Gasteiger partial charge in [-0.05, 0) is 48.9 Å². The second-order valence-corrected chi connectivity index (χ2v) is 9.65. The molecular weight excluding hydrogens is 422 g/mol. The Hall–Kier alpha value is -3.71. The van der Waals surface area contributed by atoms with Gasteiger partial charge in [0.2, 0.25) is 0 Å². The summed E-state index contributed by atoms with van der Waals surface area (Å²) in [5.41, 5.74) is 4.23. The van der Waals surface area contributed by atoms with Crippen molar-refractivity contribution >= 4 is 21.4 Å². The van der Waals surface area contributed by atoms with E-state index in [1.54, 1.807) is 29.9 Å². The first-order valence-corrected chi connectivity index (χ1v) is 11.9. The number of nitrogens with one attached hydrogen (secondary N) is 1. The van der Waals surface area contributed by atoms with Crippen molar-refractivity contribution in [3.63, 3.8) is 0 Å². The van der Waals surface area contributed by atoms with Gasteiger partial charge in [-0.3, -0.25) is 4.79 Å². The smallest absolute Gasteiger partial charge is 0.259 e. The Labute approximate surface area is 187 Å². The maximum Gasteiger partial charge on any atom is 0.259 e. The van der Waals surface area contributed by atoms with E-state index < -0.39 is 9.84 Å². The number of carbonyl (C=O) groups is 1. The third kappa shape index (κ3) is 4.33. The van der Waals surface area contributed by atoms with Crippen LogP contribution in [0.1, 0.15) is 22.8 Å². The van der Waals surface area contributed by atoms with Crippen molar-refractivity contribution < 1.29 is 13.2 Å². The second-order valence-electron chi connectivity index (χ2n) is 7.37. The SMILES string of the molecule is CCS(=O)(=O)c1ccc(NC(=O)c2cn(-c3ccccc3)nc2-c2ccccc2C)cc1. The molecule has 3 aromatic carbocycles. The van der Waals surface area contributed by atoms with Gasteiger partial charge in [0.25, 0.3) is 5.91 Å². The summed E-state index contributed by atoms with van der Waals surface area (Å²) in [6, 6.07) is 23.6. The van der Waals surface area contributed by atoms with Crippen LogP contribution in [0.3, 0.4) is 0 Å². The fourth-order valence-electron chi connectivity index (χ4n) is 3.40. The number of rotatable bonds is 6. The van der Waals surface area contributed by atoms with E-state index in [1.807, 2.05) is 61.5 Å². The third-order valence-corrected chi connectivity index (χ3v) is 6.98. The molecule has 0 bridgehead atoms. The van der Waals surface area contributed by atoms with Crippen molar-refractivity contribution in [1.29, 1.82) is 0 Å². The van der Waals surface area contributed by atoms with Crippen LogP contribution in [-0.4, -0.2) is 29.9 Å². The van der Waals surface area contributed by atoms with Crippen LogP contribution < -0.4 is 5.32 Å². The molecule has 0 unspecified atom stereocenters. The number of para-hydroxylation sites is 1. The lowest BCUT2D eigenvalue weighted by Crippen LogP contribution is -2.12. The first-order chi connectivity index (χ1) is 15.4. The molecule has 7 heteroatoms. The molecule has 162 valence electrons. The molecule has 1 N–H and O–H groups in total. The fraction of sp³-hybridized carbons (Fsp3) is 0.120. The average molecular weight is 446 g/mol. The van der Waals surface area contributed by atoms with Crippen molar-refractivity contribution in [1.82, 2.24) is 9.78 Å². The molecule has 0 spiro atoms. The van der Waals surface area contributed by atoms with E-state index in [4.69, 9.17) is 5.10 Å². The molecule has 4 aromatic rings. The summed E-state index contributed by atoms with van der Waals surface area (Å²) in [5.74, 6) is -0.298. The monoisotopic (exact) mass is 445 g/mol. The number of sulfone groups is 1. The zero-order valence-corrected chi connectivity index (χ0v) is 18.6. The standard InChI is InChI=1S/C25H23N3O3S/c1-3-32(30,31)21-15-13-19(14-16-21)26-25(29)23-17-28(20-10-5-4-6-11-20)27-24(23)22-12-8-7-9-18(22)2/h4-17H,3H2,1-2H3,(H,26,29). The van der Waals surface area contributed by atoms with Gasteiger partial charge in [0.15, 0.2) is 9.84 Å². The third-order valence-electron chi connectivity index (χ3n) is 5.23. The van der Waals surface area contributed by atoms with Crippen molar-refractivity contribution in [2.45, 2.75) is 18.7 Å². The fourth-order valence-corrected chi connectivity index (χ4v) is 4.29. The predicted octanol–water partition coefficient (Wildman–Crippen LogP) is 4.89. The molecule has 0 aliphatic heterocycles. The molecule has 0 saturated heterocycles. The van der Waals surface area contributed by atoms with Crippen LogP contribution in [0, 0.1) is 6.92 Å². The molecular formula is C25H23N3O3S. The zero-order chi connectivity index (χ0) is 22.7. The number of aromatic nitrogens is 2. The number of aryl methyl sites for hydroxylation is 1. The van der Waals surface area contributed by atoms with Crippen molar-refractivity contribution in [3.8, 4) is 16.9 Å². The normalized spacial score (nSPS) is 11.3. The minimum atomic E-state index is -3.30. The Morgan fingerprint density at radius 1 is 0.938 bits per heavy atom. The lowest BCUT2D eigenvalue weighted by Gasteiger charge is -2.08.